The number of carbonyl (C=O) groups is 1. The van der Waals surface area contributed by atoms with Crippen molar-refractivity contribution in [3.8, 4) is 5.75 Å². The van der Waals surface area contributed by atoms with Gasteiger partial charge in [0.2, 0.25) is 10.0 Å². The van der Waals surface area contributed by atoms with Crippen LogP contribution in [0.15, 0.2) is 47.4 Å². The molecule has 0 fully saturated rings. The standard InChI is InChI=1S/C20H26N2O4S/c1-13(2)16-8-6-7-9-17(16)21-20(23)15-10-11-18(26-5)19(12-15)27(24,25)22-14(3)4/h6-14,22H,1-5H3,(H,21,23). The van der Waals surface area contributed by atoms with Crippen LogP contribution in [0.3, 0.4) is 0 Å². The molecule has 146 valence electrons. The average Bonchev–Trinajstić information content (AvgIpc) is 2.60. The number of carbonyl (C=O) groups excluding carboxylic acids is 1. The van der Waals surface area contributed by atoms with Crippen LogP contribution >= 0.6 is 0 Å². The fraction of sp³-hybridized carbons (Fsp3) is 0.350. The van der Waals surface area contributed by atoms with Crippen molar-refractivity contribution in [1.82, 2.24) is 4.72 Å². The molecule has 0 unspecified atom stereocenters. The van der Waals surface area contributed by atoms with Crippen molar-refractivity contribution in [2.24, 2.45) is 0 Å². The molecule has 0 aromatic heterocycles. The number of benzene rings is 2. The highest BCUT2D eigenvalue weighted by Crippen LogP contribution is 2.27. The quantitative estimate of drug-likeness (QED) is 0.754. The van der Waals surface area contributed by atoms with E-state index >= 15 is 0 Å². The highest BCUT2D eigenvalue weighted by molar-refractivity contribution is 7.89. The lowest BCUT2D eigenvalue weighted by atomic mass is 10.0. The van der Waals surface area contributed by atoms with Gasteiger partial charge in [-0.05, 0) is 49.6 Å². The Morgan fingerprint density at radius 3 is 2.30 bits per heavy atom. The van der Waals surface area contributed by atoms with Gasteiger partial charge < -0.3 is 10.1 Å². The molecule has 0 atom stereocenters. The van der Waals surface area contributed by atoms with E-state index in [2.05, 4.69) is 10.0 Å². The van der Waals surface area contributed by atoms with Crippen LogP contribution < -0.4 is 14.8 Å². The summed E-state index contributed by atoms with van der Waals surface area (Å²) in [5.74, 6) is 0.0394. The van der Waals surface area contributed by atoms with Gasteiger partial charge in [-0.3, -0.25) is 4.79 Å². The lowest BCUT2D eigenvalue weighted by Crippen LogP contribution is -2.30. The summed E-state index contributed by atoms with van der Waals surface area (Å²) < 4.78 is 32.8. The maximum absolute atomic E-state index is 12.7. The lowest BCUT2D eigenvalue weighted by Gasteiger charge is -2.16. The smallest absolute Gasteiger partial charge is 0.255 e. The number of methoxy groups -OCH3 is 1. The Balaban J connectivity index is 2.40. The van der Waals surface area contributed by atoms with Crippen molar-refractivity contribution >= 4 is 21.6 Å². The molecule has 7 heteroatoms. The highest BCUT2D eigenvalue weighted by atomic mass is 32.2. The Hall–Kier alpha value is -2.38. The van der Waals surface area contributed by atoms with E-state index in [0.717, 1.165) is 5.56 Å². The number of hydrogen-bond donors (Lipinski definition) is 2. The Labute approximate surface area is 161 Å². The van der Waals surface area contributed by atoms with Crippen LogP contribution in [-0.4, -0.2) is 27.5 Å². The van der Waals surface area contributed by atoms with E-state index in [-0.39, 0.29) is 34.1 Å². The van der Waals surface area contributed by atoms with Crippen LogP contribution in [0.4, 0.5) is 5.69 Å². The molecule has 0 aliphatic carbocycles. The Kier molecular flexibility index (Phi) is 6.62. The number of hydrogen-bond acceptors (Lipinski definition) is 4. The normalized spacial score (nSPS) is 11.7. The molecule has 0 spiro atoms. The molecular formula is C20H26N2O4S. The zero-order valence-corrected chi connectivity index (χ0v) is 17.1. The SMILES string of the molecule is COc1ccc(C(=O)Nc2ccccc2C(C)C)cc1S(=O)(=O)NC(C)C. The van der Waals surface area contributed by atoms with E-state index in [9.17, 15) is 13.2 Å². The molecule has 0 heterocycles. The average molecular weight is 391 g/mol. The summed E-state index contributed by atoms with van der Waals surface area (Å²) in [6.45, 7) is 7.54. The molecule has 2 rings (SSSR count). The number of rotatable bonds is 7. The van der Waals surface area contributed by atoms with Crippen LogP contribution in [0.2, 0.25) is 0 Å². The first-order chi connectivity index (χ1) is 12.7. The predicted octanol–water partition coefficient (Wildman–Crippen LogP) is 3.76. The molecule has 2 aromatic carbocycles. The molecular weight excluding hydrogens is 364 g/mol. The molecule has 0 saturated heterocycles. The third-order valence-electron chi connectivity index (χ3n) is 3.94. The fourth-order valence-electron chi connectivity index (χ4n) is 2.71. The van der Waals surface area contributed by atoms with Crippen LogP contribution in [0.1, 0.15) is 49.5 Å². The molecule has 0 aliphatic heterocycles. The van der Waals surface area contributed by atoms with Crippen molar-refractivity contribution in [1.29, 1.82) is 0 Å². The zero-order chi connectivity index (χ0) is 20.2. The maximum Gasteiger partial charge on any atom is 0.255 e. The number of para-hydroxylation sites is 1. The van der Waals surface area contributed by atoms with Gasteiger partial charge in [0.05, 0.1) is 7.11 Å². The Bertz CT molecular complexity index is 921. The Morgan fingerprint density at radius 2 is 1.70 bits per heavy atom. The first-order valence-corrected chi connectivity index (χ1v) is 10.2. The molecule has 0 aliphatic rings. The van der Waals surface area contributed by atoms with E-state index in [4.69, 9.17) is 4.74 Å². The minimum Gasteiger partial charge on any atom is -0.495 e. The molecule has 0 radical (unpaired) electrons. The van der Waals surface area contributed by atoms with Gasteiger partial charge in [0.15, 0.2) is 0 Å². The number of nitrogens with one attached hydrogen (secondary N) is 2. The maximum atomic E-state index is 12.7. The largest absolute Gasteiger partial charge is 0.495 e. The lowest BCUT2D eigenvalue weighted by molar-refractivity contribution is 0.102. The van der Waals surface area contributed by atoms with Crippen LogP contribution in [0, 0.1) is 0 Å². The second kappa shape index (κ2) is 8.54. The number of anilines is 1. The van der Waals surface area contributed by atoms with Gasteiger partial charge >= 0.3 is 0 Å². The van der Waals surface area contributed by atoms with E-state index in [0.29, 0.717) is 5.69 Å². The first-order valence-electron chi connectivity index (χ1n) is 8.76. The molecule has 2 aromatic rings. The van der Waals surface area contributed by atoms with Crippen LogP contribution in [0.5, 0.6) is 5.75 Å². The summed E-state index contributed by atoms with van der Waals surface area (Å²) in [7, 11) is -2.42. The third kappa shape index (κ3) is 5.08. The van der Waals surface area contributed by atoms with E-state index in [1.165, 1.54) is 19.2 Å². The number of amides is 1. The van der Waals surface area contributed by atoms with Gasteiger partial charge in [-0.1, -0.05) is 32.0 Å². The van der Waals surface area contributed by atoms with Gasteiger partial charge in [-0.2, -0.15) is 0 Å². The van der Waals surface area contributed by atoms with Gasteiger partial charge in [0, 0.05) is 17.3 Å². The minimum absolute atomic E-state index is 0.0662. The van der Waals surface area contributed by atoms with Crippen molar-refractivity contribution < 1.29 is 17.9 Å². The summed E-state index contributed by atoms with van der Waals surface area (Å²) >= 11 is 0. The number of sulfonamides is 1. The second-order valence-electron chi connectivity index (χ2n) is 6.84. The summed E-state index contributed by atoms with van der Waals surface area (Å²) in [4.78, 5) is 12.7. The molecule has 6 nitrogen and oxygen atoms in total. The fourth-order valence-corrected chi connectivity index (χ4v) is 4.16. The van der Waals surface area contributed by atoms with Gasteiger partial charge in [0.25, 0.3) is 5.91 Å². The van der Waals surface area contributed by atoms with Crippen molar-refractivity contribution in [3.63, 3.8) is 0 Å². The molecule has 2 N–H and O–H groups in total. The van der Waals surface area contributed by atoms with E-state index in [1.807, 2.05) is 38.1 Å². The van der Waals surface area contributed by atoms with Gasteiger partial charge in [-0.15, -0.1) is 0 Å². The van der Waals surface area contributed by atoms with Gasteiger partial charge in [-0.25, -0.2) is 13.1 Å². The Morgan fingerprint density at radius 1 is 1.04 bits per heavy atom. The summed E-state index contributed by atoms with van der Waals surface area (Å²) in [6.07, 6.45) is 0. The zero-order valence-electron chi connectivity index (χ0n) is 16.2. The third-order valence-corrected chi connectivity index (χ3v) is 5.62. The van der Waals surface area contributed by atoms with Crippen LogP contribution in [0.25, 0.3) is 0 Å². The topological polar surface area (TPSA) is 84.5 Å². The second-order valence-corrected chi connectivity index (χ2v) is 8.52. The summed E-state index contributed by atoms with van der Waals surface area (Å²) in [5, 5.41) is 2.87. The first kappa shape index (κ1) is 20.9. The van der Waals surface area contributed by atoms with E-state index in [1.54, 1.807) is 19.9 Å². The summed E-state index contributed by atoms with van der Waals surface area (Å²) in [6, 6.07) is 11.6. The van der Waals surface area contributed by atoms with Crippen LogP contribution in [-0.2, 0) is 10.0 Å². The highest BCUT2D eigenvalue weighted by Gasteiger charge is 2.22. The van der Waals surface area contributed by atoms with Crippen molar-refractivity contribution in [2.75, 3.05) is 12.4 Å². The number of ether oxygens (including phenoxy) is 1. The summed E-state index contributed by atoms with van der Waals surface area (Å²) in [5.41, 5.74) is 1.95. The molecule has 27 heavy (non-hydrogen) atoms. The van der Waals surface area contributed by atoms with E-state index < -0.39 is 10.0 Å². The predicted molar refractivity (Wildman–Crippen MR) is 107 cm³/mol. The molecule has 1 amide bonds. The van der Waals surface area contributed by atoms with Crippen molar-refractivity contribution in [2.45, 2.75) is 44.6 Å². The molecule has 0 bridgehead atoms. The monoisotopic (exact) mass is 390 g/mol. The minimum atomic E-state index is -3.81. The van der Waals surface area contributed by atoms with Crippen molar-refractivity contribution in [3.05, 3.63) is 53.6 Å². The molecule has 0 saturated carbocycles. The van der Waals surface area contributed by atoms with Gasteiger partial charge in [0.1, 0.15) is 10.6 Å².